The number of hydrogen-bond donors (Lipinski definition) is 1. The summed E-state index contributed by atoms with van der Waals surface area (Å²) in [4.78, 5) is 36.5. The van der Waals surface area contributed by atoms with Gasteiger partial charge in [-0.2, -0.15) is 0 Å². The van der Waals surface area contributed by atoms with Crippen molar-refractivity contribution in [2.45, 2.75) is 53.2 Å². The monoisotopic (exact) mass is 576 g/mol. The van der Waals surface area contributed by atoms with E-state index >= 15 is 0 Å². The molecule has 3 aromatic rings. The minimum Gasteiger partial charge on any atom is -0.493 e. The van der Waals surface area contributed by atoms with E-state index in [2.05, 4.69) is 4.98 Å². The van der Waals surface area contributed by atoms with E-state index in [9.17, 15) is 23.2 Å². The van der Waals surface area contributed by atoms with Gasteiger partial charge >= 0.3 is 11.9 Å². The summed E-state index contributed by atoms with van der Waals surface area (Å²) in [5, 5.41) is 0. The molecule has 41 heavy (non-hydrogen) atoms. The molecule has 1 heterocycles. The lowest BCUT2D eigenvalue weighted by atomic mass is 10.2. The van der Waals surface area contributed by atoms with Gasteiger partial charge in [0.15, 0.2) is 11.4 Å². The summed E-state index contributed by atoms with van der Waals surface area (Å²) >= 11 is 0. The molecule has 0 spiro atoms. The Morgan fingerprint density at radius 1 is 1.00 bits per heavy atom. The van der Waals surface area contributed by atoms with Gasteiger partial charge in [0, 0.05) is 33.5 Å². The molecule has 1 aromatic heterocycles. The lowest BCUT2D eigenvalue weighted by Gasteiger charge is -2.12. The van der Waals surface area contributed by atoms with Crippen LogP contribution < -0.4 is 15.2 Å². The molecule has 1 amide bonds. The molecule has 0 aliphatic carbocycles. The summed E-state index contributed by atoms with van der Waals surface area (Å²) in [6.07, 6.45) is 2.25. The number of primary amides is 1. The molecule has 0 fully saturated rings. The smallest absolute Gasteiger partial charge is 0.308 e. The van der Waals surface area contributed by atoms with Crippen molar-refractivity contribution >= 4 is 17.8 Å². The van der Waals surface area contributed by atoms with Gasteiger partial charge in [-0.1, -0.05) is 36.8 Å². The van der Waals surface area contributed by atoms with Crippen LogP contribution in [0.15, 0.2) is 60.8 Å². The number of carbonyl (C=O) groups is 3. The average molecular weight is 577 g/mol. The zero-order valence-corrected chi connectivity index (χ0v) is 23.8. The number of carbonyl (C=O) groups excluding carboxylic acids is 3. The molecular formula is C30H38F2N2O7. The summed E-state index contributed by atoms with van der Waals surface area (Å²) < 4.78 is 45.0. The molecule has 0 saturated heterocycles. The van der Waals surface area contributed by atoms with Gasteiger partial charge in [-0.25, -0.2) is 13.8 Å². The fourth-order valence-corrected chi connectivity index (χ4v) is 2.93. The molecule has 2 N–H and O–H groups in total. The Morgan fingerprint density at radius 2 is 1.59 bits per heavy atom. The molecule has 0 aliphatic rings. The normalized spacial score (nSPS) is 10.6. The second kappa shape index (κ2) is 18.8. The van der Waals surface area contributed by atoms with Crippen molar-refractivity contribution in [3.8, 4) is 11.5 Å². The molecule has 11 heteroatoms. The van der Waals surface area contributed by atoms with Gasteiger partial charge < -0.3 is 24.7 Å². The average Bonchev–Trinajstić information content (AvgIpc) is 2.94. The highest BCUT2D eigenvalue weighted by Gasteiger charge is 2.18. The van der Waals surface area contributed by atoms with Crippen molar-refractivity contribution in [2.75, 3.05) is 13.7 Å². The van der Waals surface area contributed by atoms with Crippen molar-refractivity contribution < 1.29 is 43.5 Å². The molecule has 0 bridgehead atoms. The fourth-order valence-electron chi connectivity index (χ4n) is 2.93. The third kappa shape index (κ3) is 14.5. The number of amides is 1. The Balaban J connectivity index is 0.000000632. The first kappa shape index (κ1) is 34.6. The van der Waals surface area contributed by atoms with Crippen LogP contribution >= 0.6 is 0 Å². The second-order valence-electron chi connectivity index (χ2n) is 8.57. The first-order valence-corrected chi connectivity index (χ1v) is 12.7. The van der Waals surface area contributed by atoms with E-state index in [1.165, 1.54) is 50.6 Å². The van der Waals surface area contributed by atoms with Crippen molar-refractivity contribution in [3.63, 3.8) is 0 Å². The first-order chi connectivity index (χ1) is 19.5. The number of aryl methyl sites for hydroxylation is 1. The van der Waals surface area contributed by atoms with E-state index in [4.69, 9.17) is 24.7 Å². The number of nitrogens with two attached hydrogens (primary N) is 1. The highest BCUT2D eigenvalue weighted by Crippen LogP contribution is 2.29. The number of pyridine rings is 1. The van der Waals surface area contributed by atoms with Crippen LogP contribution in [0.1, 0.15) is 56.7 Å². The molecule has 1 atom stereocenters. The Morgan fingerprint density at radius 3 is 2.07 bits per heavy atom. The summed E-state index contributed by atoms with van der Waals surface area (Å²) in [5.41, 5.74) is 6.95. The van der Waals surface area contributed by atoms with E-state index in [1.807, 2.05) is 13.8 Å². The van der Waals surface area contributed by atoms with Crippen molar-refractivity contribution in [2.24, 2.45) is 5.73 Å². The van der Waals surface area contributed by atoms with Crippen molar-refractivity contribution in [3.05, 3.63) is 89.2 Å². The van der Waals surface area contributed by atoms with Crippen LogP contribution in [0.3, 0.4) is 0 Å². The van der Waals surface area contributed by atoms with E-state index in [1.54, 1.807) is 31.2 Å². The molecule has 0 unspecified atom stereocenters. The van der Waals surface area contributed by atoms with Crippen LogP contribution in [0.2, 0.25) is 0 Å². The second-order valence-corrected chi connectivity index (χ2v) is 8.57. The van der Waals surface area contributed by atoms with Crippen LogP contribution in [-0.2, 0) is 25.7 Å². The number of hydrogen-bond acceptors (Lipinski definition) is 8. The number of esters is 2. The number of nitrogens with zero attached hydrogens (tertiary/aromatic N) is 1. The lowest BCUT2D eigenvalue weighted by molar-refractivity contribution is -0.148. The SMILES string of the molecule is CCC(=O)O[C@@H](C)CCOCc1ccc(F)cc1.COc1ccnc(C(N)=O)c1OC(C)=O.Cc1ccc(F)cc1.[HH]. The van der Waals surface area contributed by atoms with Crippen LogP contribution in [0, 0.1) is 18.6 Å². The number of aromatic nitrogens is 1. The molecule has 0 radical (unpaired) electrons. The van der Waals surface area contributed by atoms with Gasteiger partial charge in [-0.3, -0.25) is 14.4 Å². The maximum absolute atomic E-state index is 12.6. The third-order valence-electron chi connectivity index (χ3n) is 5.05. The van der Waals surface area contributed by atoms with Gasteiger partial charge in [0.1, 0.15) is 17.7 Å². The topological polar surface area (TPSA) is 127 Å². The molecule has 0 saturated carbocycles. The molecule has 9 nitrogen and oxygen atoms in total. The van der Waals surface area contributed by atoms with E-state index in [-0.39, 0.29) is 42.3 Å². The predicted octanol–water partition coefficient (Wildman–Crippen LogP) is 5.57. The number of methoxy groups -OCH3 is 1. The standard InChI is InChI=1S/C14H19FO3.C9H10N2O4.C7H7F.H2/c1-3-14(16)18-11(2)8-9-17-10-12-4-6-13(15)7-5-12;1-5(12)15-8-6(14-2)3-4-11-7(8)9(10)13;1-6-2-4-7(8)5-3-6;/h4-7,11H,3,8-10H2,1-2H3;3-4H,1-2H3,(H2,10,13);2-5H,1H3;1H/t11-;;;/m0.../s1. The highest BCUT2D eigenvalue weighted by atomic mass is 19.1. The number of rotatable bonds is 10. The van der Waals surface area contributed by atoms with Crippen molar-refractivity contribution in [1.82, 2.24) is 4.98 Å². The highest BCUT2D eigenvalue weighted by molar-refractivity contribution is 5.95. The number of ether oxygens (including phenoxy) is 4. The Hall–Kier alpha value is -4.38. The van der Waals surface area contributed by atoms with E-state index in [0.29, 0.717) is 26.1 Å². The summed E-state index contributed by atoms with van der Waals surface area (Å²) in [7, 11) is 1.38. The first-order valence-electron chi connectivity index (χ1n) is 12.7. The van der Waals surface area contributed by atoms with E-state index in [0.717, 1.165) is 11.1 Å². The van der Waals surface area contributed by atoms with Crippen LogP contribution in [0.4, 0.5) is 8.78 Å². The minimum absolute atomic E-state index is 0. The maximum atomic E-state index is 12.6. The summed E-state index contributed by atoms with van der Waals surface area (Å²) in [6, 6.07) is 14.1. The van der Waals surface area contributed by atoms with Crippen molar-refractivity contribution in [1.29, 1.82) is 0 Å². The molecular weight excluding hydrogens is 538 g/mol. The van der Waals surface area contributed by atoms with Crippen LogP contribution in [0.5, 0.6) is 11.5 Å². The predicted molar refractivity (Wildman–Crippen MR) is 150 cm³/mol. The van der Waals surface area contributed by atoms with Crippen LogP contribution in [0.25, 0.3) is 0 Å². The lowest BCUT2D eigenvalue weighted by Crippen LogP contribution is -2.16. The zero-order chi connectivity index (χ0) is 30.8. The summed E-state index contributed by atoms with van der Waals surface area (Å²) in [5.74, 6) is -1.81. The zero-order valence-electron chi connectivity index (χ0n) is 23.8. The van der Waals surface area contributed by atoms with Gasteiger partial charge in [0.05, 0.1) is 20.3 Å². The Labute approximate surface area is 240 Å². The van der Waals surface area contributed by atoms with Crippen LogP contribution in [-0.4, -0.2) is 42.7 Å². The molecule has 2 aromatic carbocycles. The van der Waals surface area contributed by atoms with Gasteiger partial charge in [0.25, 0.3) is 5.91 Å². The number of benzene rings is 2. The quantitative estimate of drug-likeness (QED) is 0.245. The van der Waals surface area contributed by atoms with Gasteiger partial charge in [0.2, 0.25) is 5.75 Å². The Kier molecular flexibility index (Phi) is 15.9. The number of halogens is 2. The third-order valence-corrected chi connectivity index (χ3v) is 5.05. The van der Waals surface area contributed by atoms with Gasteiger partial charge in [-0.05, 0) is 43.7 Å². The minimum atomic E-state index is -0.787. The molecule has 0 aliphatic heterocycles. The largest absolute Gasteiger partial charge is 0.493 e. The summed E-state index contributed by atoms with van der Waals surface area (Å²) in [6.45, 7) is 7.69. The van der Waals surface area contributed by atoms with Gasteiger partial charge in [-0.15, -0.1) is 0 Å². The Bertz CT molecular complexity index is 1220. The molecule has 224 valence electrons. The van der Waals surface area contributed by atoms with E-state index < -0.39 is 11.9 Å². The molecule has 3 rings (SSSR count). The fraction of sp³-hybridized carbons (Fsp3) is 0.333. The maximum Gasteiger partial charge on any atom is 0.308 e.